The van der Waals surface area contributed by atoms with Crippen molar-refractivity contribution in [3.8, 4) is 0 Å². The van der Waals surface area contributed by atoms with Crippen LogP contribution in [0.15, 0.2) is 29.6 Å². The average Bonchev–Trinajstić information content (AvgIpc) is 2.94. The number of thiophene rings is 1. The first-order valence-corrected chi connectivity index (χ1v) is 9.33. The molecule has 1 N–H and O–H groups in total. The molecule has 0 aliphatic heterocycles. The summed E-state index contributed by atoms with van der Waals surface area (Å²) in [5, 5.41) is 7.63. The van der Waals surface area contributed by atoms with Gasteiger partial charge in [0.1, 0.15) is 0 Å². The molecule has 2 heteroatoms. The number of hydrogen-bond donors (Lipinski definition) is 1. The molecule has 1 nitrogen and oxygen atoms in total. The van der Waals surface area contributed by atoms with Crippen molar-refractivity contribution in [2.45, 2.75) is 39.0 Å². The Labute approximate surface area is 131 Å². The minimum absolute atomic E-state index is 0.534. The average molecular weight is 299 g/mol. The van der Waals surface area contributed by atoms with Crippen LogP contribution in [0.25, 0.3) is 10.1 Å². The lowest BCUT2D eigenvalue weighted by Crippen LogP contribution is -2.35. The van der Waals surface area contributed by atoms with Gasteiger partial charge in [-0.05, 0) is 78.3 Å². The van der Waals surface area contributed by atoms with Gasteiger partial charge in [-0.15, -0.1) is 11.3 Å². The largest absolute Gasteiger partial charge is 0.316 e. The zero-order valence-corrected chi connectivity index (χ0v) is 13.7. The highest BCUT2D eigenvalue weighted by Gasteiger charge is 2.53. The summed E-state index contributed by atoms with van der Waals surface area (Å²) in [6.45, 7) is 4.65. The van der Waals surface area contributed by atoms with Crippen LogP contribution in [0.3, 0.4) is 0 Å². The van der Waals surface area contributed by atoms with E-state index in [4.69, 9.17) is 0 Å². The van der Waals surface area contributed by atoms with E-state index in [1.807, 2.05) is 11.3 Å². The van der Waals surface area contributed by atoms with Crippen LogP contribution in [0.1, 0.15) is 38.2 Å². The highest BCUT2D eigenvalue weighted by Crippen LogP contribution is 2.60. The van der Waals surface area contributed by atoms with Gasteiger partial charge >= 0.3 is 0 Å². The molecule has 2 aliphatic carbocycles. The fraction of sp³-hybridized carbons (Fsp3) is 0.579. The topological polar surface area (TPSA) is 12.0 Å². The molecule has 1 aromatic carbocycles. The summed E-state index contributed by atoms with van der Waals surface area (Å²) in [5.41, 5.74) is 2.13. The maximum absolute atomic E-state index is 3.72. The molecule has 112 valence electrons. The summed E-state index contributed by atoms with van der Waals surface area (Å²) in [4.78, 5) is 0. The molecular formula is C19H25NS. The van der Waals surface area contributed by atoms with Crippen molar-refractivity contribution in [2.75, 3.05) is 13.1 Å². The third-order valence-corrected chi connectivity index (χ3v) is 6.53. The van der Waals surface area contributed by atoms with E-state index in [0.29, 0.717) is 5.41 Å². The minimum atomic E-state index is 0.534. The molecule has 2 atom stereocenters. The van der Waals surface area contributed by atoms with Gasteiger partial charge in [-0.25, -0.2) is 0 Å². The van der Waals surface area contributed by atoms with Gasteiger partial charge < -0.3 is 5.32 Å². The standard InChI is InChI=1S/C19H25NS/c1-2-7-20-13-19(9-14-8-15(14)10-19)11-16-12-21-18-6-4-3-5-17(16)18/h3-6,12,14-15,20H,2,7-11,13H2,1H3. The van der Waals surface area contributed by atoms with Crippen LogP contribution in [0.2, 0.25) is 0 Å². The Morgan fingerprint density at radius 1 is 1.24 bits per heavy atom. The molecule has 0 spiro atoms. The van der Waals surface area contributed by atoms with E-state index in [1.165, 1.54) is 55.3 Å². The molecule has 2 fully saturated rings. The van der Waals surface area contributed by atoms with Crippen LogP contribution in [-0.4, -0.2) is 13.1 Å². The second kappa shape index (κ2) is 5.40. The molecule has 21 heavy (non-hydrogen) atoms. The van der Waals surface area contributed by atoms with Crippen molar-refractivity contribution in [2.24, 2.45) is 17.3 Å². The summed E-state index contributed by atoms with van der Waals surface area (Å²) in [6, 6.07) is 8.92. The molecule has 2 aromatic rings. The first-order chi connectivity index (χ1) is 10.3. The highest BCUT2D eigenvalue weighted by molar-refractivity contribution is 7.17. The molecule has 2 saturated carbocycles. The summed E-state index contributed by atoms with van der Waals surface area (Å²) in [6.07, 6.45) is 6.95. The molecule has 1 aromatic heterocycles. The molecular weight excluding hydrogens is 274 g/mol. The van der Waals surface area contributed by atoms with E-state index in [2.05, 4.69) is 41.9 Å². The molecule has 0 amide bonds. The maximum atomic E-state index is 3.72. The van der Waals surface area contributed by atoms with Gasteiger partial charge in [0.05, 0.1) is 0 Å². The van der Waals surface area contributed by atoms with E-state index in [1.54, 1.807) is 5.56 Å². The van der Waals surface area contributed by atoms with Gasteiger partial charge in [0.25, 0.3) is 0 Å². The van der Waals surface area contributed by atoms with E-state index in [-0.39, 0.29) is 0 Å². The quantitative estimate of drug-likeness (QED) is 0.751. The second-order valence-corrected chi connectivity index (χ2v) is 8.19. The first-order valence-electron chi connectivity index (χ1n) is 8.45. The lowest BCUT2D eigenvalue weighted by molar-refractivity contribution is 0.250. The molecule has 0 radical (unpaired) electrons. The summed E-state index contributed by atoms with van der Waals surface area (Å²) >= 11 is 1.92. The predicted octanol–water partition coefficient (Wildman–Crippen LogP) is 4.86. The first kappa shape index (κ1) is 13.8. The van der Waals surface area contributed by atoms with Crippen LogP contribution in [0.5, 0.6) is 0 Å². The Morgan fingerprint density at radius 3 is 2.86 bits per heavy atom. The Hall–Kier alpha value is -0.860. The number of rotatable bonds is 6. The Morgan fingerprint density at radius 2 is 2.05 bits per heavy atom. The Bertz CT molecular complexity index is 619. The van der Waals surface area contributed by atoms with E-state index in [0.717, 1.165) is 11.8 Å². The number of fused-ring (bicyclic) bond motifs is 2. The predicted molar refractivity (Wildman–Crippen MR) is 92.0 cm³/mol. The van der Waals surface area contributed by atoms with Crippen LogP contribution >= 0.6 is 11.3 Å². The van der Waals surface area contributed by atoms with Crippen molar-refractivity contribution in [1.29, 1.82) is 0 Å². The number of nitrogens with one attached hydrogen (secondary N) is 1. The maximum Gasteiger partial charge on any atom is 0.0345 e. The fourth-order valence-corrected chi connectivity index (χ4v) is 5.42. The number of hydrogen-bond acceptors (Lipinski definition) is 2. The van der Waals surface area contributed by atoms with Crippen LogP contribution in [-0.2, 0) is 6.42 Å². The highest BCUT2D eigenvalue weighted by atomic mass is 32.1. The van der Waals surface area contributed by atoms with Gasteiger partial charge in [0.2, 0.25) is 0 Å². The molecule has 0 saturated heterocycles. The molecule has 1 heterocycles. The van der Waals surface area contributed by atoms with Gasteiger partial charge in [-0.1, -0.05) is 25.1 Å². The third kappa shape index (κ3) is 2.64. The van der Waals surface area contributed by atoms with Crippen LogP contribution < -0.4 is 5.32 Å². The van der Waals surface area contributed by atoms with Crippen molar-refractivity contribution in [3.63, 3.8) is 0 Å². The zero-order valence-electron chi connectivity index (χ0n) is 12.9. The Balaban J connectivity index is 1.56. The van der Waals surface area contributed by atoms with E-state index in [9.17, 15) is 0 Å². The summed E-state index contributed by atoms with van der Waals surface area (Å²) in [7, 11) is 0. The zero-order chi connectivity index (χ0) is 14.3. The molecule has 2 unspecified atom stereocenters. The fourth-order valence-electron chi connectivity index (χ4n) is 4.46. The van der Waals surface area contributed by atoms with Gasteiger partial charge in [0.15, 0.2) is 0 Å². The third-order valence-electron chi connectivity index (χ3n) is 5.51. The van der Waals surface area contributed by atoms with Crippen LogP contribution in [0.4, 0.5) is 0 Å². The molecule has 2 aliphatic rings. The Kier molecular flexibility index (Phi) is 3.55. The van der Waals surface area contributed by atoms with Gasteiger partial charge in [-0.2, -0.15) is 0 Å². The van der Waals surface area contributed by atoms with Gasteiger partial charge in [0, 0.05) is 11.2 Å². The lowest BCUT2D eigenvalue weighted by Gasteiger charge is -2.31. The smallest absolute Gasteiger partial charge is 0.0345 e. The molecule has 4 rings (SSSR count). The molecule has 0 bridgehead atoms. The van der Waals surface area contributed by atoms with Crippen molar-refractivity contribution < 1.29 is 0 Å². The second-order valence-electron chi connectivity index (χ2n) is 7.27. The van der Waals surface area contributed by atoms with Crippen molar-refractivity contribution in [3.05, 3.63) is 35.2 Å². The summed E-state index contributed by atoms with van der Waals surface area (Å²) in [5.74, 6) is 2.11. The van der Waals surface area contributed by atoms with E-state index >= 15 is 0 Å². The van der Waals surface area contributed by atoms with E-state index < -0.39 is 0 Å². The monoisotopic (exact) mass is 299 g/mol. The minimum Gasteiger partial charge on any atom is -0.316 e. The van der Waals surface area contributed by atoms with Crippen LogP contribution in [0, 0.1) is 17.3 Å². The van der Waals surface area contributed by atoms with Gasteiger partial charge in [-0.3, -0.25) is 0 Å². The normalized spacial score (nSPS) is 30.7. The number of benzene rings is 1. The van der Waals surface area contributed by atoms with Crippen molar-refractivity contribution >= 4 is 21.4 Å². The lowest BCUT2D eigenvalue weighted by atomic mass is 9.77. The SMILES string of the molecule is CCCNCC1(Cc2csc3ccccc23)CC2CC2C1. The van der Waals surface area contributed by atoms with Crippen molar-refractivity contribution in [1.82, 2.24) is 5.32 Å². The summed E-state index contributed by atoms with van der Waals surface area (Å²) < 4.78 is 1.45.